The van der Waals surface area contributed by atoms with E-state index < -0.39 is 0 Å². The molecule has 2 aromatic rings. The quantitative estimate of drug-likeness (QED) is 0.262. The Labute approximate surface area is 181 Å². The van der Waals surface area contributed by atoms with E-state index in [9.17, 15) is 8.78 Å². The number of fused-ring (bicyclic) bond motifs is 3. The Morgan fingerprint density at radius 1 is 0.893 bits per heavy atom. The minimum absolute atomic E-state index is 0.286. The zero-order valence-corrected chi connectivity index (χ0v) is 18.5. The van der Waals surface area contributed by atoms with Crippen LogP contribution in [0.2, 0.25) is 0 Å². The molecule has 1 saturated carbocycles. The van der Waals surface area contributed by atoms with Crippen molar-refractivity contribution in [1.29, 1.82) is 0 Å². The van der Waals surface area contributed by atoms with Crippen LogP contribution in [0.4, 0.5) is 8.78 Å². The van der Waals surface area contributed by atoms with E-state index >= 15 is 0 Å². The van der Waals surface area contributed by atoms with E-state index in [4.69, 9.17) is 0 Å². The molecular weight excluding hydrogens is 429 g/mol. The first kappa shape index (κ1) is 21.2. The van der Waals surface area contributed by atoms with Crippen LogP contribution in [0.15, 0.2) is 48.6 Å². The van der Waals surface area contributed by atoms with E-state index in [1.165, 1.54) is 62.8 Å². The van der Waals surface area contributed by atoms with E-state index in [-0.39, 0.29) is 11.6 Å². The molecule has 28 heavy (non-hydrogen) atoms. The summed E-state index contributed by atoms with van der Waals surface area (Å²) in [5.74, 6) is -0.614. The Morgan fingerprint density at radius 3 is 2.29 bits per heavy atom. The van der Waals surface area contributed by atoms with Crippen molar-refractivity contribution in [2.45, 2.75) is 51.4 Å². The summed E-state index contributed by atoms with van der Waals surface area (Å²) in [5.41, 5.74) is 3.54. The molecule has 1 fully saturated rings. The second-order valence-electron chi connectivity index (χ2n) is 7.21. The first-order valence-corrected chi connectivity index (χ1v) is 11.1. The van der Waals surface area contributed by atoms with Gasteiger partial charge in [-0.3, -0.25) is 10.5 Å². The fourth-order valence-corrected chi connectivity index (χ4v) is 4.40. The molecule has 0 unspecified atom stereocenters. The van der Waals surface area contributed by atoms with Crippen molar-refractivity contribution in [2.75, 3.05) is 0 Å². The molecule has 3 heteroatoms. The van der Waals surface area contributed by atoms with Crippen molar-refractivity contribution < 1.29 is 33.0 Å². The zero-order chi connectivity index (χ0) is 19.8. The Kier molecular flexibility index (Phi) is 8.28. The molecule has 0 aromatic heterocycles. The molecule has 3 aliphatic rings. The van der Waals surface area contributed by atoms with Gasteiger partial charge in [0.05, 0.1) is 0 Å². The maximum absolute atomic E-state index is 13.1. The summed E-state index contributed by atoms with van der Waals surface area (Å²) in [6.07, 6.45) is 19.5. The molecule has 0 aliphatic heterocycles. The maximum atomic E-state index is 13.1. The molecule has 0 atom stereocenters. The van der Waals surface area contributed by atoms with Crippen LogP contribution in [0, 0.1) is 23.8 Å². The van der Waals surface area contributed by atoms with Gasteiger partial charge >= 0.3 is 66.0 Å². The molecule has 142 valence electrons. The van der Waals surface area contributed by atoms with E-state index in [1.807, 2.05) is 15.4 Å². The number of hydrogen-bond donors (Lipinski definition) is 0. The second kappa shape index (κ2) is 10.9. The third-order valence-electron chi connectivity index (χ3n) is 5.01. The van der Waals surface area contributed by atoms with Crippen LogP contribution in [0.25, 0.3) is 11.1 Å². The molecule has 0 radical (unpaired) electrons. The van der Waals surface area contributed by atoms with E-state index in [1.54, 1.807) is 30.3 Å². The van der Waals surface area contributed by atoms with Gasteiger partial charge in [0.1, 0.15) is 5.82 Å². The average Bonchev–Trinajstić information content (AvgIpc) is 3.31. The predicted molar refractivity (Wildman–Crippen MR) is 108 cm³/mol. The normalized spacial score (nSPS) is 16.4. The molecule has 0 heterocycles. The predicted octanol–water partition coefficient (Wildman–Crippen LogP) is 6.70. The van der Waals surface area contributed by atoms with Crippen molar-refractivity contribution >= 4 is 3.21 Å². The van der Waals surface area contributed by atoms with Crippen LogP contribution in [-0.4, -0.2) is 3.21 Å². The van der Waals surface area contributed by atoms with Crippen molar-refractivity contribution in [3.05, 3.63) is 83.5 Å². The summed E-state index contributed by atoms with van der Waals surface area (Å²) in [4.78, 5) is 0. The number of benzene rings is 2. The summed E-state index contributed by atoms with van der Waals surface area (Å²) in [7, 11) is 0. The van der Waals surface area contributed by atoms with Crippen LogP contribution in [0.3, 0.4) is 0 Å². The minimum atomic E-state index is -0.328. The number of halogens is 2. The fourth-order valence-electron chi connectivity index (χ4n) is 3.53. The van der Waals surface area contributed by atoms with Gasteiger partial charge in [0.15, 0.2) is 0 Å². The van der Waals surface area contributed by atoms with Gasteiger partial charge in [0.25, 0.3) is 0 Å². The Morgan fingerprint density at radius 2 is 1.64 bits per heavy atom. The Hall–Kier alpha value is -1.47. The molecule has 0 saturated heterocycles. The van der Waals surface area contributed by atoms with E-state index in [2.05, 4.69) is 18.2 Å². The molecule has 3 aliphatic carbocycles. The van der Waals surface area contributed by atoms with Crippen LogP contribution < -0.4 is 0 Å². The number of rotatable bonds is 0. The average molecular weight is 454 g/mol. The fraction of sp³-hybridized carbons (Fsp3) is 0.320. The molecule has 0 bridgehead atoms. The van der Waals surface area contributed by atoms with Crippen LogP contribution in [0.1, 0.15) is 56.1 Å². The zero-order valence-electron chi connectivity index (χ0n) is 16.0. The molecule has 0 nitrogen and oxygen atoms in total. The van der Waals surface area contributed by atoms with Gasteiger partial charge in [-0.05, 0) is 24.1 Å². The first-order chi connectivity index (χ1) is 13.6. The third-order valence-corrected chi connectivity index (χ3v) is 6.24. The number of hydrogen-bond acceptors (Lipinski definition) is 0. The summed E-state index contributed by atoms with van der Waals surface area (Å²) < 4.78 is 27.9. The van der Waals surface area contributed by atoms with Crippen molar-refractivity contribution in [1.82, 2.24) is 0 Å². The molecule has 5 rings (SSSR count). The van der Waals surface area contributed by atoms with Gasteiger partial charge in [0, 0.05) is 5.82 Å². The standard InChI is InChI=1S/C13H7F2.C7H12.C5H5.Zr/c14-10-3-1-8-5-9-2-4-11(15)7-13(9)12(8)6-10;1-2-4-6-7-5-3-1;1-2-4-5-3-1;/h1,3-4,6-7H,5H2;1-6H2;1-3H,4H2;/q-1;;-1;+2. The summed E-state index contributed by atoms with van der Waals surface area (Å²) in [5, 5.41) is 0. The SMILES string of the molecule is Fc1c[c-]c2c(c1)-c1cc(F)ccc1C2.[C-]1=CC=CC1.[Zr+2]=[C]1CCCCCC1. The monoisotopic (exact) mass is 452 g/mol. The Bertz CT molecular complexity index is 811. The third kappa shape index (κ3) is 6.27. The van der Waals surface area contributed by atoms with Gasteiger partial charge in [-0.2, -0.15) is 12.1 Å². The van der Waals surface area contributed by atoms with Crippen LogP contribution in [0.5, 0.6) is 0 Å². The van der Waals surface area contributed by atoms with Gasteiger partial charge in [-0.25, -0.2) is 16.5 Å². The Balaban J connectivity index is 0.000000144. The van der Waals surface area contributed by atoms with E-state index in [0.29, 0.717) is 6.42 Å². The summed E-state index contributed by atoms with van der Waals surface area (Å²) in [6, 6.07) is 10.3. The number of allylic oxidation sites excluding steroid dienone is 4. The van der Waals surface area contributed by atoms with Crippen molar-refractivity contribution in [3.63, 3.8) is 0 Å². The molecular formula is C25H24F2Zr. The van der Waals surface area contributed by atoms with Crippen molar-refractivity contribution in [3.8, 4) is 11.1 Å². The molecule has 0 N–H and O–H groups in total. The topological polar surface area (TPSA) is 0 Å². The molecule has 2 aromatic carbocycles. The van der Waals surface area contributed by atoms with Crippen LogP contribution >= 0.6 is 0 Å². The van der Waals surface area contributed by atoms with Gasteiger partial charge in [-0.15, -0.1) is 29.7 Å². The summed E-state index contributed by atoms with van der Waals surface area (Å²) >= 11 is 1.69. The van der Waals surface area contributed by atoms with Gasteiger partial charge in [-0.1, -0.05) is 11.6 Å². The van der Waals surface area contributed by atoms with E-state index in [0.717, 1.165) is 28.7 Å². The van der Waals surface area contributed by atoms with Crippen LogP contribution in [-0.2, 0) is 30.7 Å². The molecule has 0 spiro atoms. The van der Waals surface area contributed by atoms with Gasteiger partial charge in [0.2, 0.25) is 0 Å². The van der Waals surface area contributed by atoms with Gasteiger partial charge < -0.3 is 0 Å². The first-order valence-electron chi connectivity index (χ1n) is 9.90. The van der Waals surface area contributed by atoms with Crippen molar-refractivity contribution in [2.24, 2.45) is 0 Å². The molecule has 0 amide bonds. The summed E-state index contributed by atoms with van der Waals surface area (Å²) in [6.45, 7) is 0. The second-order valence-corrected chi connectivity index (χ2v) is 8.95.